The van der Waals surface area contributed by atoms with Crippen LogP contribution in [0, 0.1) is 6.92 Å². The molecule has 1 heterocycles. The van der Waals surface area contributed by atoms with Crippen LogP contribution in [0.4, 0.5) is 5.69 Å². The summed E-state index contributed by atoms with van der Waals surface area (Å²) in [7, 11) is 2.12. The topological polar surface area (TPSA) is 35.6 Å². The predicted molar refractivity (Wildman–Crippen MR) is 86.0 cm³/mol. The molecular formula is C15H22BrN3O. The lowest BCUT2D eigenvalue weighted by Crippen LogP contribution is -2.51. The van der Waals surface area contributed by atoms with Gasteiger partial charge in [0.2, 0.25) is 5.91 Å². The standard InChI is InChI=1S/C15H22BrN3O/c1-11-4-5-14(13(16)10-11)17-15(20)12(2)19-8-6-18(3)7-9-19/h4-5,10,12H,6-9H2,1-3H3,(H,17,20)/t12-/m1/s1. The van der Waals surface area contributed by atoms with E-state index in [4.69, 9.17) is 0 Å². The van der Waals surface area contributed by atoms with Crippen LogP contribution in [-0.4, -0.2) is 55.0 Å². The highest BCUT2D eigenvalue weighted by Crippen LogP contribution is 2.23. The van der Waals surface area contributed by atoms with E-state index in [2.05, 4.69) is 38.1 Å². The van der Waals surface area contributed by atoms with E-state index < -0.39 is 0 Å². The Hall–Kier alpha value is -0.910. The molecule has 1 amide bonds. The fourth-order valence-corrected chi connectivity index (χ4v) is 2.93. The molecule has 0 radical (unpaired) electrons. The van der Waals surface area contributed by atoms with Gasteiger partial charge in [-0.3, -0.25) is 9.69 Å². The van der Waals surface area contributed by atoms with Gasteiger partial charge in [-0.2, -0.15) is 0 Å². The Morgan fingerprint density at radius 1 is 1.30 bits per heavy atom. The summed E-state index contributed by atoms with van der Waals surface area (Å²) in [5, 5.41) is 3.00. The number of anilines is 1. The first-order chi connectivity index (χ1) is 9.47. The molecule has 0 aliphatic carbocycles. The lowest BCUT2D eigenvalue weighted by atomic mass is 10.2. The van der Waals surface area contributed by atoms with Crippen molar-refractivity contribution in [1.29, 1.82) is 0 Å². The van der Waals surface area contributed by atoms with Gasteiger partial charge in [0.15, 0.2) is 0 Å². The predicted octanol–water partition coefficient (Wildman–Crippen LogP) is 2.33. The van der Waals surface area contributed by atoms with Crippen molar-refractivity contribution in [3.63, 3.8) is 0 Å². The van der Waals surface area contributed by atoms with Crippen molar-refractivity contribution in [3.05, 3.63) is 28.2 Å². The minimum Gasteiger partial charge on any atom is -0.324 e. The molecule has 20 heavy (non-hydrogen) atoms. The third-order valence-corrected chi connectivity index (χ3v) is 4.50. The Balaban J connectivity index is 1.97. The van der Waals surface area contributed by atoms with Crippen molar-refractivity contribution < 1.29 is 4.79 Å². The van der Waals surface area contributed by atoms with Gasteiger partial charge in [0.1, 0.15) is 0 Å². The van der Waals surface area contributed by atoms with Crippen LogP contribution in [0.1, 0.15) is 12.5 Å². The molecule has 0 aromatic heterocycles. The van der Waals surface area contributed by atoms with E-state index in [0.717, 1.165) is 36.3 Å². The first-order valence-corrected chi connectivity index (χ1v) is 7.76. The molecule has 1 fully saturated rings. The highest BCUT2D eigenvalue weighted by atomic mass is 79.9. The number of hydrogen-bond acceptors (Lipinski definition) is 3. The van der Waals surface area contributed by atoms with Crippen molar-refractivity contribution in [1.82, 2.24) is 9.80 Å². The summed E-state index contributed by atoms with van der Waals surface area (Å²) in [5.41, 5.74) is 2.00. The molecule has 1 N–H and O–H groups in total. The van der Waals surface area contributed by atoms with Gasteiger partial charge in [-0.15, -0.1) is 0 Å². The Morgan fingerprint density at radius 3 is 2.55 bits per heavy atom. The van der Waals surface area contributed by atoms with Crippen molar-refractivity contribution in [2.24, 2.45) is 0 Å². The van der Waals surface area contributed by atoms with E-state index >= 15 is 0 Å². The fraction of sp³-hybridized carbons (Fsp3) is 0.533. The van der Waals surface area contributed by atoms with E-state index in [-0.39, 0.29) is 11.9 Å². The largest absolute Gasteiger partial charge is 0.324 e. The summed E-state index contributed by atoms with van der Waals surface area (Å²) in [5.74, 6) is 0.0547. The molecular weight excluding hydrogens is 318 g/mol. The zero-order valence-corrected chi connectivity index (χ0v) is 13.9. The molecule has 4 nitrogen and oxygen atoms in total. The molecule has 1 aliphatic rings. The molecule has 1 aromatic carbocycles. The van der Waals surface area contributed by atoms with E-state index in [1.54, 1.807) is 0 Å². The van der Waals surface area contributed by atoms with Crippen LogP contribution in [0.5, 0.6) is 0 Å². The molecule has 1 atom stereocenters. The Bertz CT molecular complexity index is 484. The summed E-state index contributed by atoms with van der Waals surface area (Å²) in [4.78, 5) is 16.9. The van der Waals surface area contributed by atoms with E-state index in [9.17, 15) is 4.79 Å². The zero-order chi connectivity index (χ0) is 14.7. The normalized spacial score (nSPS) is 18.8. The van der Waals surface area contributed by atoms with Gasteiger partial charge in [-0.25, -0.2) is 0 Å². The number of nitrogens with zero attached hydrogens (tertiary/aromatic N) is 2. The van der Waals surface area contributed by atoms with Crippen LogP contribution in [0.2, 0.25) is 0 Å². The third kappa shape index (κ3) is 3.81. The van der Waals surface area contributed by atoms with Gasteiger partial charge < -0.3 is 10.2 Å². The maximum absolute atomic E-state index is 12.3. The smallest absolute Gasteiger partial charge is 0.241 e. The van der Waals surface area contributed by atoms with Crippen LogP contribution >= 0.6 is 15.9 Å². The van der Waals surface area contributed by atoms with Gasteiger partial charge in [0, 0.05) is 30.7 Å². The number of likely N-dealkylation sites (N-methyl/N-ethyl adjacent to an activating group) is 1. The van der Waals surface area contributed by atoms with Crippen molar-refractivity contribution >= 4 is 27.5 Å². The second-order valence-corrected chi connectivity index (χ2v) is 6.34. The van der Waals surface area contributed by atoms with Gasteiger partial charge in [-0.05, 0) is 54.5 Å². The van der Waals surface area contributed by atoms with E-state index in [1.165, 1.54) is 5.56 Å². The van der Waals surface area contributed by atoms with Crippen molar-refractivity contribution in [2.75, 3.05) is 38.5 Å². The average Bonchev–Trinajstić information content (AvgIpc) is 2.42. The second-order valence-electron chi connectivity index (χ2n) is 5.49. The Kier molecular flexibility index (Phi) is 5.18. The molecule has 5 heteroatoms. The third-order valence-electron chi connectivity index (χ3n) is 3.85. The van der Waals surface area contributed by atoms with Gasteiger partial charge >= 0.3 is 0 Å². The maximum atomic E-state index is 12.3. The molecule has 110 valence electrons. The molecule has 0 bridgehead atoms. The van der Waals surface area contributed by atoms with E-state index in [1.807, 2.05) is 32.0 Å². The number of rotatable bonds is 3. The maximum Gasteiger partial charge on any atom is 0.241 e. The van der Waals surface area contributed by atoms with Crippen molar-refractivity contribution in [3.8, 4) is 0 Å². The molecule has 2 rings (SSSR count). The average molecular weight is 340 g/mol. The highest BCUT2D eigenvalue weighted by Gasteiger charge is 2.24. The van der Waals surface area contributed by atoms with Crippen LogP contribution in [-0.2, 0) is 4.79 Å². The highest BCUT2D eigenvalue weighted by molar-refractivity contribution is 9.10. The van der Waals surface area contributed by atoms with Crippen LogP contribution in [0.15, 0.2) is 22.7 Å². The minimum atomic E-state index is -0.100. The van der Waals surface area contributed by atoms with Crippen LogP contribution in [0.25, 0.3) is 0 Å². The molecule has 0 saturated carbocycles. The lowest BCUT2D eigenvalue weighted by molar-refractivity contribution is -0.121. The van der Waals surface area contributed by atoms with Gasteiger partial charge in [-0.1, -0.05) is 6.07 Å². The first-order valence-electron chi connectivity index (χ1n) is 6.97. The van der Waals surface area contributed by atoms with Crippen molar-refractivity contribution in [2.45, 2.75) is 19.9 Å². The summed E-state index contributed by atoms with van der Waals surface area (Å²) in [6.45, 7) is 7.93. The quantitative estimate of drug-likeness (QED) is 0.917. The number of amides is 1. The van der Waals surface area contributed by atoms with E-state index in [0.29, 0.717) is 0 Å². The first kappa shape index (κ1) is 15.5. The summed E-state index contributed by atoms with van der Waals surface area (Å²) in [6, 6.07) is 5.85. The van der Waals surface area contributed by atoms with Gasteiger partial charge in [0.05, 0.1) is 11.7 Å². The number of carbonyl (C=O) groups is 1. The number of aryl methyl sites for hydroxylation is 1. The summed E-state index contributed by atoms with van der Waals surface area (Å²) in [6.07, 6.45) is 0. The molecule has 0 spiro atoms. The number of piperazine rings is 1. The summed E-state index contributed by atoms with van der Waals surface area (Å²) >= 11 is 3.49. The SMILES string of the molecule is Cc1ccc(NC(=O)[C@@H](C)N2CCN(C)CC2)c(Br)c1. The molecule has 0 unspecified atom stereocenters. The van der Waals surface area contributed by atoms with Crippen LogP contribution in [0.3, 0.4) is 0 Å². The minimum absolute atomic E-state index is 0.0547. The molecule has 1 aliphatic heterocycles. The molecule has 1 aromatic rings. The zero-order valence-electron chi connectivity index (χ0n) is 12.3. The monoisotopic (exact) mass is 339 g/mol. The number of benzene rings is 1. The van der Waals surface area contributed by atoms with Crippen LogP contribution < -0.4 is 5.32 Å². The Morgan fingerprint density at radius 2 is 1.95 bits per heavy atom. The lowest BCUT2D eigenvalue weighted by Gasteiger charge is -2.35. The fourth-order valence-electron chi connectivity index (χ4n) is 2.33. The number of hydrogen-bond donors (Lipinski definition) is 1. The van der Waals surface area contributed by atoms with Gasteiger partial charge in [0.25, 0.3) is 0 Å². The summed E-state index contributed by atoms with van der Waals surface area (Å²) < 4.78 is 0.927. The molecule has 1 saturated heterocycles. The Labute approximate surface area is 129 Å². The number of carbonyl (C=O) groups excluding carboxylic acids is 1. The number of halogens is 1. The second kappa shape index (κ2) is 6.70. The number of nitrogens with one attached hydrogen (secondary N) is 1.